The molecule has 1 heterocycles. The highest BCUT2D eigenvalue weighted by molar-refractivity contribution is 5.49. The third-order valence-corrected chi connectivity index (χ3v) is 3.88. The van der Waals surface area contributed by atoms with Gasteiger partial charge < -0.3 is 4.74 Å². The Morgan fingerprint density at radius 1 is 1.20 bits per heavy atom. The monoisotopic (exact) mass is 271 g/mol. The lowest BCUT2D eigenvalue weighted by molar-refractivity contribution is -0.386. The highest BCUT2D eigenvalue weighted by Gasteiger charge is 2.29. The van der Waals surface area contributed by atoms with Crippen LogP contribution in [0.5, 0.6) is 0 Å². The largest absolute Gasteiger partial charge is 0.368 e. The number of allylic oxidation sites excluding steroid dienone is 1. The van der Waals surface area contributed by atoms with Crippen LogP contribution in [0, 0.1) is 10.1 Å². The Bertz CT molecular complexity index is 589. The number of nitro benzene ring substituents is 1. The van der Waals surface area contributed by atoms with Crippen LogP contribution in [-0.4, -0.2) is 11.5 Å². The van der Waals surface area contributed by atoms with Gasteiger partial charge in [0.1, 0.15) is 6.10 Å². The van der Waals surface area contributed by atoms with Crippen molar-refractivity contribution in [2.45, 2.75) is 31.8 Å². The summed E-state index contributed by atoms with van der Waals surface area (Å²) in [6.45, 7) is 0.619. The second-order valence-corrected chi connectivity index (χ2v) is 5.14. The van der Waals surface area contributed by atoms with Crippen LogP contribution < -0.4 is 0 Å². The maximum Gasteiger partial charge on any atom is 0.275 e. The zero-order chi connectivity index (χ0) is 13.9. The van der Waals surface area contributed by atoms with E-state index in [9.17, 15) is 10.1 Å². The van der Waals surface area contributed by atoms with E-state index in [1.807, 2.05) is 6.07 Å². The second-order valence-electron chi connectivity index (χ2n) is 5.14. The van der Waals surface area contributed by atoms with E-state index in [4.69, 9.17) is 4.74 Å². The minimum Gasteiger partial charge on any atom is -0.368 e. The van der Waals surface area contributed by atoms with Gasteiger partial charge in [-0.15, -0.1) is 0 Å². The van der Waals surface area contributed by atoms with Crippen LogP contribution in [0.1, 0.15) is 37.4 Å². The Kier molecular flexibility index (Phi) is 3.65. The summed E-state index contributed by atoms with van der Waals surface area (Å²) in [6, 6.07) is 6.88. The van der Waals surface area contributed by atoms with Crippen LogP contribution >= 0.6 is 0 Å². The molecular weight excluding hydrogens is 254 g/mol. The van der Waals surface area contributed by atoms with Gasteiger partial charge in [-0.3, -0.25) is 10.1 Å². The minimum atomic E-state index is -0.325. The minimum absolute atomic E-state index is 0.142. The van der Waals surface area contributed by atoms with Crippen LogP contribution in [0.15, 0.2) is 47.6 Å². The summed E-state index contributed by atoms with van der Waals surface area (Å²) in [5, 5.41) is 11.2. The zero-order valence-electron chi connectivity index (χ0n) is 11.2. The molecule has 4 heteroatoms. The number of ether oxygens (including phenoxy) is 1. The lowest BCUT2D eigenvalue weighted by Gasteiger charge is -2.26. The van der Waals surface area contributed by atoms with Crippen LogP contribution in [0.3, 0.4) is 0 Å². The molecule has 0 saturated carbocycles. The van der Waals surface area contributed by atoms with Crippen molar-refractivity contribution in [2.24, 2.45) is 0 Å². The molecule has 1 atom stereocenters. The number of para-hydroxylation sites is 1. The molecule has 1 aromatic rings. The van der Waals surface area contributed by atoms with Crippen LogP contribution in [0.2, 0.25) is 0 Å². The maximum absolute atomic E-state index is 11.2. The van der Waals surface area contributed by atoms with Crippen molar-refractivity contribution in [2.75, 3.05) is 6.61 Å². The van der Waals surface area contributed by atoms with Crippen molar-refractivity contribution >= 4 is 5.69 Å². The van der Waals surface area contributed by atoms with Crippen molar-refractivity contribution in [1.29, 1.82) is 0 Å². The Balaban J connectivity index is 2.01. The van der Waals surface area contributed by atoms with Gasteiger partial charge in [-0.2, -0.15) is 0 Å². The number of nitrogens with zero attached hydrogens (tertiary/aromatic N) is 1. The first-order chi connectivity index (χ1) is 9.77. The quantitative estimate of drug-likeness (QED) is 0.614. The summed E-state index contributed by atoms with van der Waals surface area (Å²) in [7, 11) is 0. The highest BCUT2D eigenvalue weighted by Crippen LogP contribution is 2.41. The van der Waals surface area contributed by atoms with Gasteiger partial charge in [-0.25, -0.2) is 0 Å². The third kappa shape index (κ3) is 2.39. The Hall–Kier alpha value is -1.94. The Morgan fingerprint density at radius 2 is 2.05 bits per heavy atom. The van der Waals surface area contributed by atoms with Gasteiger partial charge in [0.25, 0.3) is 5.69 Å². The molecule has 1 aliphatic heterocycles. The number of hydrogen-bond donors (Lipinski definition) is 0. The van der Waals surface area contributed by atoms with E-state index in [1.165, 1.54) is 5.57 Å². The van der Waals surface area contributed by atoms with Crippen molar-refractivity contribution in [3.8, 4) is 0 Å². The average molecular weight is 271 g/mol. The van der Waals surface area contributed by atoms with E-state index >= 15 is 0 Å². The third-order valence-electron chi connectivity index (χ3n) is 3.88. The average Bonchev–Trinajstić information content (AvgIpc) is 3.01. The van der Waals surface area contributed by atoms with E-state index in [0.29, 0.717) is 12.2 Å². The van der Waals surface area contributed by atoms with Gasteiger partial charge in [-0.05, 0) is 42.9 Å². The van der Waals surface area contributed by atoms with Crippen LogP contribution in [-0.2, 0) is 4.74 Å². The molecule has 0 amide bonds. The fourth-order valence-corrected chi connectivity index (χ4v) is 2.96. The Labute approximate surface area is 117 Å². The number of hydrogen-bond acceptors (Lipinski definition) is 3. The standard InChI is InChI=1S/C16H17NO3/c18-17(19)15-10-4-3-8-14(15)16-13(9-5-11-20-16)12-6-1-2-7-12/h3-4,6,8-10,16H,1-2,5,7,11H2/t16-/m1/s1. The van der Waals surface area contributed by atoms with E-state index < -0.39 is 0 Å². The molecule has 0 bridgehead atoms. The first-order valence-electron chi connectivity index (χ1n) is 7.02. The van der Waals surface area contributed by atoms with Crippen LogP contribution in [0.4, 0.5) is 5.69 Å². The molecule has 0 saturated heterocycles. The lowest BCUT2D eigenvalue weighted by atomic mass is 9.91. The SMILES string of the molecule is O=[N+]([O-])c1ccccc1[C@@H]1OCCC=C1C1=CCCC1. The molecule has 0 fully saturated rings. The van der Waals surface area contributed by atoms with Gasteiger partial charge in [-0.1, -0.05) is 24.3 Å². The van der Waals surface area contributed by atoms with Crippen molar-refractivity contribution < 1.29 is 9.66 Å². The van der Waals surface area contributed by atoms with E-state index in [0.717, 1.165) is 31.3 Å². The van der Waals surface area contributed by atoms with Crippen molar-refractivity contribution in [1.82, 2.24) is 0 Å². The summed E-state index contributed by atoms with van der Waals surface area (Å²) in [5.41, 5.74) is 3.23. The summed E-state index contributed by atoms with van der Waals surface area (Å²) in [4.78, 5) is 10.9. The van der Waals surface area contributed by atoms with Crippen molar-refractivity contribution in [3.05, 3.63) is 63.2 Å². The molecular formula is C16H17NO3. The van der Waals surface area contributed by atoms with Gasteiger partial charge in [0.05, 0.1) is 17.1 Å². The molecule has 0 aromatic heterocycles. The number of benzene rings is 1. The number of nitro groups is 1. The smallest absolute Gasteiger partial charge is 0.275 e. The topological polar surface area (TPSA) is 52.4 Å². The maximum atomic E-state index is 11.2. The molecule has 0 spiro atoms. The van der Waals surface area contributed by atoms with Crippen molar-refractivity contribution in [3.63, 3.8) is 0 Å². The Morgan fingerprint density at radius 3 is 2.80 bits per heavy atom. The zero-order valence-corrected chi connectivity index (χ0v) is 11.2. The molecule has 20 heavy (non-hydrogen) atoms. The lowest BCUT2D eigenvalue weighted by Crippen LogP contribution is -2.15. The summed E-state index contributed by atoms with van der Waals surface area (Å²) in [5.74, 6) is 0. The molecule has 1 aromatic carbocycles. The molecule has 1 aliphatic carbocycles. The molecule has 104 valence electrons. The van der Waals surface area contributed by atoms with Gasteiger partial charge >= 0.3 is 0 Å². The van der Waals surface area contributed by atoms with Gasteiger partial charge in [0.15, 0.2) is 0 Å². The van der Waals surface area contributed by atoms with E-state index in [1.54, 1.807) is 18.2 Å². The summed E-state index contributed by atoms with van der Waals surface area (Å²) >= 11 is 0. The summed E-state index contributed by atoms with van der Waals surface area (Å²) in [6.07, 6.45) is 8.31. The predicted octanol–water partition coefficient (Wildman–Crippen LogP) is 4.09. The second kappa shape index (κ2) is 5.59. The van der Waals surface area contributed by atoms with Crippen LogP contribution in [0.25, 0.3) is 0 Å². The highest BCUT2D eigenvalue weighted by atomic mass is 16.6. The number of rotatable bonds is 3. The fourth-order valence-electron chi connectivity index (χ4n) is 2.96. The molecule has 3 rings (SSSR count). The first kappa shape index (κ1) is 13.1. The molecule has 0 N–H and O–H groups in total. The molecule has 0 radical (unpaired) electrons. The summed E-state index contributed by atoms with van der Waals surface area (Å²) < 4.78 is 5.87. The molecule has 0 unspecified atom stereocenters. The molecule has 2 aliphatic rings. The normalized spacial score (nSPS) is 22.3. The predicted molar refractivity (Wildman–Crippen MR) is 76.4 cm³/mol. The van der Waals surface area contributed by atoms with Gasteiger partial charge in [0, 0.05) is 6.07 Å². The molecule has 4 nitrogen and oxygen atoms in total. The first-order valence-corrected chi connectivity index (χ1v) is 7.02. The van der Waals surface area contributed by atoms with E-state index in [2.05, 4.69) is 12.2 Å². The van der Waals surface area contributed by atoms with Gasteiger partial charge in [0.2, 0.25) is 0 Å². The fraction of sp³-hybridized carbons (Fsp3) is 0.375. The van der Waals surface area contributed by atoms with E-state index in [-0.39, 0.29) is 16.7 Å².